The van der Waals surface area contributed by atoms with Gasteiger partial charge in [0.1, 0.15) is 31.9 Å². The molecule has 0 spiro atoms. The van der Waals surface area contributed by atoms with Crippen LogP contribution in [0.15, 0.2) is 41.8 Å². The summed E-state index contributed by atoms with van der Waals surface area (Å²) in [6, 6.07) is 11.9. The highest BCUT2D eigenvalue weighted by molar-refractivity contribution is 7.09. The number of likely N-dealkylation sites (N-methyl/N-ethyl adjacent to an activating group) is 1. The van der Waals surface area contributed by atoms with Crippen molar-refractivity contribution in [2.45, 2.75) is 6.54 Å². The fourth-order valence-corrected chi connectivity index (χ4v) is 3.85. The number of piperazine rings is 1. The molecule has 3 rings (SSSR count). The number of nitrogens with zero attached hydrogens (tertiary/aromatic N) is 1. The second-order valence-electron chi connectivity index (χ2n) is 6.64. The third-order valence-electron chi connectivity index (χ3n) is 4.79. The Hall–Kier alpha value is -1.89. The minimum absolute atomic E-state index is 0.188. The second kappa shape index (κ2) is 8.47. The van der Waals surface area contributed by atoms with Gasteiger partial charge in [-0.05, 0) is 35.7 Å². The number of thiophene rings is 1. The van der Waals surface area contributed by atoms with E-state index in [2.05, 4.69) is 18.5 Å². The van der Waals surface area contributed by atoms with Crippen molar-refractivity contribution >= 4 is 22.9 Å². The summed E-state index contributed by atoms with van der Waals surface area (Å²) in [4.78, 5) is 19.1. The van der Waals surface area contributed by atoms with E-state index in [1.807, 2.05) is 35.2 Å². The van der Waals surface area contributed by atoms with Crippen molar-refractivity contribution < 1.29 is 19.3 Å². The van der Waals surface area contributed by atoms with E-state index in [9.17, 15) is 4.79 Å². The van der Waals surface area contributed by atoms with Crippen LogP contribution in [-0.4, -0.2) is 52.8 Å². The molecule has 2 N–H and O–H groups in total. The summed E-state index contributed by atoms with van der Waals surface area (Å²) in [5.41, 5.74) is 0.929. The molecule has 134 valence electrons. The summed E-state index contributed by atoms with van der Waals surface area (Å²) in [5, 5.41) is 2.06. The summed E-state index contributed by atoms with van der Waals surface area (Å²) >= 11 is 1.69. The number of quaternary nitrogens is 2. The number of methoxy groups -OCH3 is 1. The standard InChI is InChI=1S/C19H25N3O2S/c1-20-9-11-21(12-10-20)15-19(23)22(14-18-4-3-13-25-18)16-5-7-17(24-2)8-6-16/h3-8,13H,9-12,14-15H2,1-2H3/p+2. The highest BCUT2D eigenvalue weighted by Crippen LogP contribution is 2.22. The second-order valence-corrected chi connectivity index (χ2v) is 7.67. The van der Waals surface area contributed by atoms with Crippen LogP contribution in [0.1, 0.15) is 4.88 Å². The summed E-state index contributed by atoms with van der Waals surface area (Å²) < 4.78 is 5.24. The molecule has 1 aromatic heterocycles. The number of benzene rings is 1. The van der Waals surface area contributed by atoms with Crippen molar-refractivity contribution in [3.8, 4) is 5.75 Å². The van der Waals surface area contributed by atoms with E-state index < -0.39 is 0 Å². The Morgan fingerprint density at radius 3 is 2.48 bits per heavy atom. The molecular formula is C19H27N3O2S+2. The minimum atomic E-state index is 0.188. The maximum absolute atomic E-state index is 13.0. The van der Waals surface area contributed by atoms with Crippen LogP contribution in [0.25, 0.3) is 0 Å². The van der Waals surface area contributed by atoms with Gasteiger partial charge < -0.3 is 19.4 Å². The molecule has 1 amide bonds. The van der Waals surface area contributed by atoms with Gasteiger partial charge in [0.2, 0.25) is 0 Å². The Kier molecular flexibility index (Phi) is 6.07. The molecule has 0 unspecified atom stereocenters. The maximum Gasteiger partial charge on any atom is 0.282 e. The van der Waals surface area contributed by atoms with Gasteiger partial charge in [0, 0.05) is 10.6 Å². The fourth-order valence-electron chi connectivity index (χ4n) is 3.16. The molecule has 1 saturated heterocycles. The lowest BCUT2D eigenvalue weighted by atomic mass is 10.2. The summed E-state index contributed by atoms with van der Waals surface area (Å²) in [6.07, 6.45) is 0. The first-order valence-corrected chi connectivity index (χ1v) is 9.65. The molecule has 2 heterocycles. The number of nitrogens with one attached hydrogen (secondary N) is 2. The predicted octanol–water partition coefficient (Wildman–Crippen LogP) is -0.297. The number of amides is 1. The van der Waals surface area contributed by atoms with Crippen molar-refractivity contribution in [1.29, 1.82) is 0 Å². The molecule has 5 nitrogen and oxygen atoms in total. The topological polar surface area (TPSA) is 38.4 Å². The van der Waals surface area contributed by atoms with E-state index in [0.29, 0.717) is 13.1 Å². The number of hydrogen-bond acceptors (Lipinski definition) is 3. The van der Waals surface area contributed by atoms with Crippen LogP contribution in [0.5, 0.6) is 5.75 Å². The van der Waals surface area contributed by atoms with Gasteiger partial charge in [-0.3, -0.25) is 4.79 Å². The van der Waals surface area contributed by atoms with Crippen molar-refractivity contribution in [1.82, 2.24) is 0 Å². The highest BCUT2D eigenvalue weighted by Gasteiger charge is 2.26. The van der Waals surface area contributed by atoms with Crippen molar-refractivity contribution in [3.63, 3.8) is 0 Å². The normalized spacial score (nSPS) is 20.2. The molecule has 2 aromatic rings. The Bertz CT molecular complexity index is 664. The SMILES string of the molecule is COc1ccc(N(Cc2cccs2)C(=O)C[NH+]2CC[NH+](C)CC2)cc1. The van der Waals surface area contributed by atoms with Gasteiger partial charge in [0.25, 0.3) is 5.91 Å². The third-order valence-corrected chi connectivity index (χ3v) is 5.65. The number of hydrogen-bond donors (Lipinski definition) is 2. The van der Waals surface area contributed by atoms with Gasteiger partial charge >= 0.3 is 0 Å². The van der Waals surface area contributed by atoms with Gasteiger partial charge in [-0.25, -0.2) is 0 Å². The summed E-state index contributed by atoms with van der Waals surface area (Å²) in [6.45, 7) is 5.58. The van der Waals surface area contributed by atoms with Gasteiger partial charge in [0.15, 0.2) is 6.54 Å². The quantitative estimate of drug-likeness (QED) is 0.742. The molecule has 1 aliphatic heterocycles. The number of anilines is 1. The molecule has 0 saturated carbocycles. The maximum atomic E-state index is 13.0. The van der Waals surface area contributed by atoms with Crippen molar-refractivity contribution in [2.24, 2.45) is 0 Å². The largest absolute Gasteiger partial charge is 0.497 e. The molecule has 0 bridgehead atoms. The molecular weight excluding hydrogens is 334 g/mol. The Labute approximate surface area is 153 Å². The van der Waals surface area contributed by atoms with Gasteiger partial charge in [0.05, 0.1) is 20.7 Å². The number of rotatable bonds is 6. The van der Waals surface area contributed by atoms with E-state index in [4.69, 9.17) is 4.74 Å². The van der Waals surface area contributed by atoms with Gasteiger partial charge in [-0.1, -0.05) is 6.07 Å². The van der Waals surface area contributed by atoms with Crippen LogP contribution in [0.2, 0.25) is 0 Å². The van der Waals surface area contributed by atoms with Crippen LogP contribution >= 0.6 is 11.3 Å². The van der Waals surface area contributed by atoms with E-state index >= 15 is 0 Å². The molecule has 25 heavy (non-hydrogen) atoms. The van der Waals surface area contributed by atoms with Crippen LogP contribution in [0.4, 0.5) is 5.69 Å². The first-order valence-electron chi connectivity index (χ1n) is 8.77. The predicted molar refractivity (Wildman–Crippen MR) is 101 cm³/mol. The zero-order valence-corrected chi connectivity index (χ0v) is 15.8. The molecule has 6 heteroatoms. The molecule has 1 aliphatic rings. The monoisotopic (exact) mass is 361 g/mol. The smallest absolute Gasteiger partial charge is 0.282 e. The van der Waals surface area contributed by atoms with Crippen LogP contribution in [-0.2, 0) is 11.3 Å². The average molecular weight is 362 g/mol. The molecule has 0 atom stereocenters. The van der Waals surface area contributed by atoms with Crippen molar-refractivity contribution in [3.05, 3.63) is 46.7 Å². The zero-order chi connectivity index (χ0) is 17.6. The highest BCUT2D eigenvalue weighted by atomic mass is 32.1. The Morgan fingerprint density at radius 1 is 1.16 bits per heavy atom. The molecule has 1 fully saturated rings. The average Bonchev–Trinajstić information content (AvgIpc) is 3.15. The molecule has 0 aliphatic carbocycles. The first-order chi connectivity index (χ1) is 12.2. The van der Waals surface area contributed by atoms with Crippen LogP contribution in [0, 0.1) is 0 Å². The van der Waals surface area contributed by atoms with Crippen LogP contribution < -0.4 is 19.4 Å². The van der Waals surface area contributed by atoms with E-state index in [1.165, 1.54) is 9.78 Å². The van der Waals surface area contributed by atoms with Crippen LogP contribution in [0.3, 0.4) is 0 Å². The lowest BCUT2D eigenvalue weighted by molar-refractivity contribution is -1.000. The zero-order valence-electron chi connectivity index (χ0n) is 15.0. The lowest BCUT2D eigenvalue weighted by Gasteiger charge is -2.29. The van der Waals surface area contributed by atoms with Crippen molar-refractivity contribution in [2.75, 3.05) is 51.8 Å². The Morgan fingerprint density at radius 2 is 1.88 bits per heavy atom. The molecule has 0 radical (unpaired) electrons. The summed E-state index contributed by atoms with van der Waals surface area (Å²) in [7, 11) is 3.88. The van der Waals surface area contributed by atoms with E-state index in [-0.39, 0.29) is 5.91 Å². The number of ether oxygens (including phenoxy) is 1. The number of carbonyl (C=O) groups is 1. The van der Waals surface area contributed by atoms with Gasteiger partial charge in [-0.2, -0.15) is 0 Å². The fraction of sp³-hybridized carbons (Fsp3) is 0.421. The Balaban J connectivity index is 1.73. The number of carbonyl (C=O) groups excluding carboxylic acids is 1. The lowest BCUT2D eigenvalue weighted by Crippen LogP contribution is -3.27. The van der Waals surface area contributed by atoms with E-state index in [0.717, 1.165) is 37.6 Å². The first kappa shape index (κ1) is 17.9. The van der Waals surface area contributed by atoms with Gasteiger partial charge in [-0.15, -0.1) is 11.3 Å². The van der Waals surface area contributed by atoms with E-state index in [1.54, 1.807) is 23.3 Å². The molecule has 1 aromatic carbocycles. The third kappa shape index (κ3) is 4.81. The summed E-state index contributed by atoms with van der Waals surface area (Å²) in [5.74, 6) is 0.994. The minimum Gasteiger partial charge on any atom is -0.497 e.